The third-order valence-electron chi connectivity index (χ3n) is 1.40. The highest BCUT2D eigenvalue weighted by molar-refractivity contribution is 5.04. The van der Waals surface area contributed by atoms with Crippen LogP contribution in [0.15, 0.2) is 17.1 Å². The SMILES string of the molecule is CCn1ccc(OC)nc1=O. The van der Waals surface area contributed by atoms with E-state index in [1.807, 2.05) is 6.92 Å². The van der Waals surface area contributed by atoms with Gasteiger partial charge >= 0.3 is 5.69 Å². The molecule has 4 heteroatoms. The second kappa shape index (κ2) is 3.18. The maximum Gasteiger partial charge on any atom is 0.350 e. The quantitative estimate of drug-likeness (QED) is 0.614. The predicted molar refractivity (Wildman–Crippen MR) is 40.7 cm³/mol. The normalized spacial score (nSPS) is 9.64. The third kappa shape index (κ3) is 1.58. The van der Waals surface area contributed by atoms with E-state index in [0.29, 0.717) is 12.4 Å². The van der Waals surface area contributed by atoms with Gasteiger partial charge in [0.1, 0.15) is 0 Å². The monoisotopic (exact) mass is 154 g/mol. The van der Waals surface area contributed by atoms with Crippen LogP contribution >= 0.6 is 0 Å². The number of hydrogen-bond acceptors (Lipinski definition) is 3. The van der Waals surface area contributed by atoms with Crippen molar-refractivity contribution in [2.24, 2.45) is 0 Å². The van der Waals surface area contributed by atoms with E-state index in [4.69, 9.17) is 4.74 Å². The molecule has 60 valence electrons. The van der Waals surface area contributed by atoms with Crippen LogP contribution in [0.3, 0.4) is 0 Å². The van der Waals surface area contributed by atoms with Crippen molar-refractivity contribution in [2.75, 3.05) is 7.11 Å². The third-order valence-corrected chi connectivity index (χ3v) is 1.40. The molecule has 1 rings (SSSR count). The Balaban J connectivity index is 3.10. The van der Waals surface area contributed by atoms with Crippen molar-refractivity contribution < 1.29 is 4.74 Å². The van der Waals surface area contributed by atoms with Crippen molar-refractivity contribution >= 4 is 0 Å². The smallest absolute Gasteiger partial charge is 0.350 e. The molecule has 0 aliphatic heterocycles. The highest BCUT2D eigenvalue weighted by atomic mass is 16.5. The number of aryl methyl sites for hydroxylation is 1. The Morgan fingerprint density at radius 2 is 2.45 bits per heavy atom. The molecule has 1 aromatic heterocycles. The standard InChI is InChI=1S/C7H10N2O2/c1-3-9-5-4-6(11-2)8-7(9)10/h4-5H,3H2,1-2H3. The van der Waals surface area contributed by atoms with E-state index in [0.717, 1.165) is 0 Å². The molecule has 0 bridgehead atoms. The van der Waals surface area contributed by atoms with E-state index in [1.54, 1.807) is 12.3 Å². The molecule has 0 aliphatic carbocycles. The maximum absolute atomic E-state index is 11.0. The summed E-state index contributed by atoms with van der Waals surface area (Å²) in [6, 6.07) is 1.66. The highest BCUT2D eigenvalue weighted by Crippen LogP contribution is 1.97. The molecule has 4 nitrogen and oxygen atoms in total. The van der Waals surface area contributed by atoms with Crippen LogP contribution in [0.4, 0.5) is 0 Å². The minimum atomic E-state index is -0.271. The van der Waals surface area contributed by atoms with Gasteiger partial charge in [-0.15, -0.1) is 0 Å². The molecule has 0 radical (unpaired) electrons. The Kier molecular flexibility index (Phi) is 2.25. The van der Waals surface area contributed by atoms with Gasteiger partial charge in [0.25, 0.3) is 0 Å². The first-order valence-electron chi connectivity index (χ1n) is 3.39. The molecule has 1 heterocycles. The number of nitrogens with zero attached hydrogens (tertiary/aromatic N) is 2. The van der Waals surface area contributed by atoms with E-state index in [2.05, 4.69) is 4.98 Å². The van der Waals surface area contributed by atoms with Crippen molar-refractivity contribution in [3.8, 4) is 5.88 Å². The number of methoxy groups -OCH3 is 1. The number of rotatable bonds is 2. The fourth-order valence-corrected chi connectivity index (χ4v) is 0.768. The lowest BCUT2D eigenvalue weighted by Gasteiger charge is -2.00. The molecule has 0 spiro atoms. The van der Waals surface area contributed by atoms with Gasteiger partial charge < -0.3 is 4.74 Å². The van der Waals surface area contributed by atoms with Gasteiger partial charge in [-0.1, -0.05) is 0 Å². The largest absolute Gasteiger partial charge is 0.481 e. The summed E-state index contributed by atoms with van der Waals surface area (Å²) >= 11 is 0. The zero-order valence-electron chi connectivity index (χ0n) is 6.57. The van der Waals surface area contributed by atoms with Gasteiger partial charge in [0.2, 0.25) is 5.88 Å². The first kappa shape index (κ1) is 7.78. The molecule has 0 aliphatic rings. The summed E-state index contributed by atoms with van der Waals surface area (Å²) in [5.41, 5.74) is -0.271. The first-order chi connectivity index (χ1) is 5.27. The fourth-order valence-electron chi connectivity index (χ4n) is 0.768. The number of aromatic nitrogens is 2. The highest BCUT2D eigenvalue weighted by Gasteiger charge is 1.95. The van der Waals surface area contributed by atoms with Crippen molar-refractivity contribution in [3.05, 3.63) is 22.7 Å². The van der Waals surface area contributed by atoms with E-state index < -0.39 is 0 Å². The van der Waals surface area contributed by atoms with Crippen molar-refractivity contribution in [1.29, 1.82) is 0 Å². The molecular weight excluding hydrogens is 144 g/mol. The lowest BCUT2D eigenvalue weighted by Crippen LogP contribution is -2.21. The van der Waals surface area contributed by atoms with Gasteiger partial charge in [-0.2, -0.15) is 4.98 Å². The van der Waals surface area contributed by atoms with Crippen LogP contribution in [0, 0.1) is 0 Å². The number of ether oxygens (including phenoxy) is 1. The molecule has 0 fully saturated rings. The van der Waals surface area contributed by atoms with Crippen molar-refractivity contribution in [3.63, 3.8) is 0 Å². The lowest BCUT2D eigenvalue weighted by molar-refractivity contribution is 0.392. The van der Waals surface area contributed by atoms with Gasteiger partial charge in [0, 0.05) is 18.8 Å². The van der Waals surface area contributed by atoms with Gasteiger partial charge in [0.15, 0.2) is 0 Å². The summed E-state index contributed by atoms with van der Waals surface area (Å²) in [6.45, 7) is 2.52. The van der Waals surface area contributed by atoms with Crippen LogP contribution in [0.1, 0.15) is 6.92 Å². The molecule has 0 saturated heterocycles. The van der Waals surface area contributed by atoms with E-state index in [-0.39, 0.29) is 5.69 Å². The minimum absolute atomic E-state index is 0.271. The molecule has 1 aromatic rings. The van der Waals surface area contributed by atoms with E-state index in [9.17, 15) is 4.79 Å². The van der Waals surface area contributed by atoms with Gasteiger partial charge in [-0.3, -0.25) is 4.57 Å². The second-order valence-corrected chi connectivity index (χ2v) is 2.04. The van der Waals surface area contributed by atoms with Crippen LogP contribution < -0.4 is 10.4 Å². The van der Waals surface area contributed by atoms with Gasteiger partial charge in [0.05, 0.1) is 7.11 Å². The van der Waals surface area contributed by atoms with Crippen LogP contribution in [-0.2, 0) is 6.54 Å². The summed E-state index contributed by atoms with van der Waals surface area (Å²) in [5, 5.41) is 0. The van der Waals surface area contributed by atoms with Crippen LogP contribution in [0.2, 0.25) is 0 Å². The molecule has 0 atom stereocenters. The van der Waals surface area contributed by atoms with Crippen LogP contribution in [0.5, 0.6) is 5.88 Å². The summed E-state index contributed by atoms with van der Waals surface area (Å²) in [4.78, 5) is 14.6. The molecule has 0 N–H and O–H groups in total. The zero-order chi connectivity index (χ0) is 8.27. The fraction of sp³-hybridized carbons (Fsp3) is 0.429. The van der Waals surface area contributed by atoms with E-state index >= 15 is 0 Å². The number of hydrogen-bond donors (Lipinski definition) is 0. The Labute approximate surface area is 64.5 Å². The summed E-state index contributed by atoms with van der Waals surface area (Å²) in [6.07, 6.45) is 1.66. The van der Waals surface area contributed by atoms with Crippen LogP contribution in [-0.4, -0.2) is 16.7 Å². The molecule has 0 unspecified atom stereocenters. The molecular formula is C7H10N2O2. The Bertz CT molecular complexity index is 293. The van der Waals surface area contributed by atoms with E-state index in [1.165, 1.54) is 11.7 Å². The zero-order valence-corrected chi connectivity index (χ0v) is 6.57. The maximum atomic E-state index is 11.0. The average Bonchev–Trinajstić information content (AvgIpc) is 2.04. The van der Waals surface area contributed by atoms with Crippen molar-refractivity contribution in [2.45, 2.75) is 13.5 Å². The summed E-state index contributed by atoms with van der Waals surface area (Å²) < 4.78 is 6.27. The van der Waals surface area contributed by atoms with Gasteiger partial charge in [-0.25, -0.2) is 4.79 Å². The Morgan fingerprint density at radius 3 is 2.91 bits per heavy atom. The van der Waals surface area contributed by atoms with Gasteiger partial charge in [-0.05, 0) is 6.92 Å². The molecule has 0 saturated carbocycles. The lowest BCUT2D eigenvalue weighted by atomic mass is 10.6. The van der Waals surface area contributed by atoms with Crippen molar-refractivity contribution in [1.82, 2.24) is 9.55 Å². The Morgan fingerprint density at radius 1 is 1.73 bits per heavy atom. The average molecular weight is 154 g/mol. The Hall–Kier alpha value is -1.32. The molecule has 11 heavy (non-hydrogen) atoms. The second-order valence-electron chi connectivity index (χ2n) is 2.04. The summed E-state index contributed by atoms with van der Waals surface area (Å²) in [5.74, 6) is 0.361. The topological polar surface area (TPSA) is 44.1 Å². The summed E-state index contributed by atoms with van der Waals surface area (Å²) in [7, 11) is 1.48. The molecule has 0 aromatic carbocycles. The predicted octanol–water partition coefficient (Wildman–Crippen LogP) is 0.272. The molecule has 0 amide bonds. The van der Waals surface area contributed by atoms with Crippen LogP contribution in [0.25, 0.3) is 0 Å². The minimum Gasteiger partial charge on any atom is -0.481 e. The first-order valence-corrected chi connectivity index (χ1v) is 3.39.